The van der Waals surface area contributed by atoms with Crippen LogP contribution in [0, 0.1) is 5.41 Å². The topological polar surface area (TPSA) is 49.4 Å². The van der Waals surface area contributed by atoms with Crippen LogP contribution < -0.4 is 5.32 Å². The van der Waals surface area contributed by atoms with E-state index in [2.05, 4.69) is 23.5 Å². The molecule has 4 nitrogen and oxygen atoms in total. The zero-order chi connectivity index (χ0) is 17.0. The molecular formula is C20H26N2O2. The van der Waals surface area contributed by atoms with Gasteiger partial charge < -0.3 is 10.2 Å². The van der Waals surface area contributed by atoms with Crippen molar-refractivity contribution < 1.29 is 9.59 Å². The number of piperidine rings is 1. The second-order valence-electron chi connectivity index (χ2n) is 6.98. The van der Waals surface area contributed by atoms with Crippen LogP contribution in [0.3, 0.4) is 0 Å². The minimum absolute atomic E-state index is 0.0523. The molecule has 2 amide bonds. The van der Waals surface area contributed by atoms with Gasteiger partial charge in [0.25, 0.3) is 0 Å². The predicted molar refractivity (Wildman–Crippen MR) is 94.1 cm³/mol. The number of amides is 2. The summed E-state index contributed by atoms with van der Waals surface area (Å²) < 4.78 is 0. The van der Waals surface area contributed by atoms with Crippen molar-refractivity contribution in [3.8, 4) is 0 Å². The van der Waals surface area contributed by atoms with Crippen molar-refractivity contribution in [1.29, 1.82) is 0 Å². The van der Waals surface area contributed by atoms with Gasteiger partial charge in [-0.3, -0.25) is 9.59 Å². The molecule has 0 radical (unpaired) electrons. The van der Waals surface area contributed by atoms with Crippen LogP contribution >= 0.6 is 0 Å². The van der Waals surface area contributed by atoms with Crippen molar-refractivity contribution in [2.24, 2.45) is 5.41 Å². The zero-order valence-corrected chi connectivity index (χ0v) is 14.4. The Morgan fingerprint density at radius 3 is 2.83 bits per heavy atom. The fourth-order valence-electron chi connectivity index (χ4n) is 3.94. The van der Waals surface area contributed by atoms with E-state index in [1.807, 2.05) is 25.2 Å². The molecule has 1 aromatic carbocycles. The second-order valence-corrected chi connectivity index (χ2v) is 6.98. The highest BCUT2D eigenvalue weighted by Crippen LogP contribution is 2.45. The Labute approximate surface area is 143 Å². The van der Waals surface area contributed by atoms with Gasteiger partial charge in [0.15, 0.2) is 0 Å². The van der Waals surface area contributed by atoms with Crippen molar-refractivity contribution in [3.63, 3.8) is 0 Å². The third-order valence-corrected chi connectivity index (χ3v) is 5.40. The molecule has 24 heavy (non-hydrogen) atoms. The van der Waals surface area contributed by atoms with Crippen molar-refractivity contribution >= 4 is 11.8 Å². The Bertz CT molecular complexity index is 638. The smallest absolute Gasteiger partial charge is 0.226 e. The molecule has 1 heterocycles. The average molecular weight is 326 g/mol. The number of nitrogens with one attached hydrogen (secondary N) is 1. The fourth-order valence-corrected chi connectivity index (χ4v) is 3.94. The number of nitrogens with zero attached hydrogens (tertiary/aromatic N) is 1. The number of likely N-dealkylation sites (tertiary alicyclic amines) is 1. The number of hydrogen-bond donors (Lipinski definition) is 1. The summed E-state index contributed by atoms with van der Waals surface area (Å²) in [6.07, 6.45) is 8.09. The molecule has 128 valence electrons. The van der Waals surface area contributed by atoms with Crippen LogP contribution in [0.5, 0.6) is 0 Å². The molecule has 0 aromatic heterocycles. The molecule has 4 heteroatoms. The van der Waals surface area contributed by atoms with Crippen molar-refractivity contribution in [3.05, 3.63) is 47.7 Å². The molecule has 0 spiro atoms. The molecule has 1 aliphatic heterocycles. The Kier molecular flexibility index (Phi) is 5.03. The number of hydrogen-bond acceptors (Lipinski definition) is 2. The summed E-state index contributed by atoms with van der Waals surface area (Å²) in [7, 11) is 1.87. The van der Waals surface area contributed by atoms with Crippen LogP contribution in [0.1, 0.15) is 44.1 Å². The highest BCUT2D eigenvalue weighted by atomic mass is 16.2. The van der Waals surface area contributed by atoms with Gasteiger partial charge in [0.1, 0.15) is 0 Å². The molecule has 0 bridgehead atoms. The van der Waals surface area contributed by atoms with Crippen molar-refractivity contribution in [2.75, 3.05) is 13.6 Å². The molecule has 1 saturated heterocycles. The summed E-state index contributed by atoms with van der Waals surface area (Å²) in [4.78, 5) is 26.1. The van der Waals surface area contributed by atoms with Crippen LogP contribution in [0.2, 0.25) is 0 Å². The Balaban J connectivity index is 1.58. The van der Waals surface area contributed by atoms with Crippen LogP contribution in [-0.4, -0.2) is 30.3 Å². The molecule has 1 unspecified atom stereocenters. The standard InChI is InChI=1S/C20H26N2O2/c1-22-17-9-5-6-13-20(17,14-12-19(22)24)15-21-18(23)11-10-16-7-3-2-4-8-16/h2-4,7-9H,5-6,10-15H2,1H3,(H,21,23). The lowest BCUT2D eigenvalue weighted by atomic mass is 9.70. The minimum atomic E-state index is -0.0523. The van der Waals surface area contributed by atoms with Gasteiger partial charge in [-0.1, -0.05) is 36.4 Å². The van der Waals surface area contributed by atoms with E-state index in [4.69, 9.17) is 0 Å². The maximum Gasteiger partial charge on any atom is 0.226 e. The first-order chi connectivity index (χ1) is 11.6. The number of benzene rings is 1. The predicted octanol–water partition coefficient (Wildman–Crippen LogP) is 3.04. The lowest BCUT2D eigenvalue weighted by molar-refractivity contribution is -0.132. The Morgan fingerprint density at radius 2 is 2.04 bits per heavy atom. The van der Waals surface area contributed by atoms with E-state index in [0.29, 0.717) is 19.4 Å². The summed E-state index contributed by atoms with van der Waals surface area (Å²) >= 11 is 0. The Hall–Kier alpha value is -2.10. The van der Waals surface area contributed by atoms with Crippen molar-refractivity contribution in [1.82, 2.24) is 10.2 Å². The van der Waals surface area contributed by atoms with Gasteiger partial charge >= 0.3 is 0 Å². The molecule has 2 aliphatic rings. The maximum absolute atomic E-state index is 12.3. The lowest BCUT2D eigenvalue weighted by Crippen LogP contribution is -2.49. The van der Waals surface area contributed by atoms with Gasteiger partial charge in [-0.2, -0.15) is 0 Å². The first-order valence-corrected chi connectivity index (χ1v) is 8.89. The third-order valence-electron chi connectivity index (χ3n) is 5.40. The molecular weight excluding hydrogens is 300 g/mol. The summed E-state index contributed by atoms with van der Waals surface area (Å²) in [5, 5.41) is 3.13. The Morgan fingerprint density at radius 1 is 1.25 bits per heavy atom. The quantitative estimate of drug-likeness (QED) is 0.904. The molecule has 1 aromatic rings. The van der Waals surface area contributed by atoms with Crippen LogP contribution in [-0.2, 0) is 16.0 Å². The highest BCUT2D eigenvalue weighted by Gasteiger charge is 2.43. The number of carbonyl (C=O) groups excluding carboxylic acids is 2. The van der Waals surface area contributed by atoms with E-state index < -0.39 is 0 Å². The van der Waals surface area contributed by atoms with Gasteiger partial charge in [-0.15, -0.1) is 0 Å². The molecule has 1 aliphatic carbocycles. The van der Waals surface area contributed by atoms with E-state index in [1.54, 1.807) is 4.90 Å². The van der Waals surface area contributed by atoms with Gasteiger partial charge in [-0.05, 0) is 37.7 Å². The lowest BCUT2D eigenvalue weighted by Gasteiger charge is -2.46. The van der Waals surface area contributed by atoms with Gasteiger partial charge in [0.2, 0.25) is 11.8 Å². The number of aryl methyl sites for hydroxylation is 1. The van der Waals surface area contributed by atoms with E-state index >= 15 is 0 Å². The van der Waals surface area contributed by atoms with Gasteiger partial charge in [0, 0.05) is 37.5 Å². The van der Waals surface area contributed by atoms with Crippen molar-refractivity contribution in [2.45, 2.75) is 44.9 Å². The third kappa shape index (κ3) is 3.53. The summed E-state index contributed by atoms with van der Waals surface area (Å²) in [5.41, 5.74) is 2.25. The van der Waals surface area contributed by atoms with Crippen LogP contribution in [0.15, 0.2) is 42.1 Å². The summed E-state index contributed by atoms with van der Waals surface area (Å²) in [6.45, 7) is 0.643. The highest BCUT2D eigenvalue weighted by molar-refractivity contribution is 5.80. The number of carbonyl (C=O) groups is 2. The van der Waals surface area contributed by atoms with E-state index in [9.17, 15) is 9.59 Å². The van der Waals surface area contributed by atoms with E-state index in [-0.39, 0.29) is 17.2 Å². The molecule has 1 fully saturated rings. The molecule has 1 atom stereocenters. The number of rotatable bonds is 5. The molecule has 1 N–H and O–H groups in total. The largest absolute Gasteiger partial charge is 0.355 e. The van der Waals surface area contributed by atoms with Gasteiger partial charge in [-0.25, -0.2) is 0 Å². The minimum Gasteiger partial charge on any atom is -0.355 e. The SMILES string of the molecule is CN1C(=O)CCC2(CNC(=O)CCc3ccccc3)CCCC=C12. The first-order valence-electron chi connectivity index (χ1n) is 8.89. The maximum atomic E-state index is 12.3. The van der Waals surface area contributed by atoms with E-state index in [1.165, 1.54) is 5.56 Å². The van der Waals surface area contributed by atoms with E-state index in [0.717, 1.165) is 37.8 Å². The zero-order valence-electron chi connectivity index (χ0n) is 14.4. The van der Waals surface area contributed by atoms with Crippen LogP contribution in [0.25, 0.3) is 0 Å². The molecule has 3 rings (SSSR count). The first kappa shape index (κ1) is 16.7. The summed E-state index contributed by atoms with van der Waals surface area (Å²) in [5.74, 6) is 0.284. The molecule has 0 saturated carbocycles. The number of allylic oxidation sites excluding steroid dienone is 1. The van der Waals surface area contributed by atoms with Crippen LogP contribution in [0.4, 0.5) is 0 Å². The average Bonchev–Trinajstić information content (AvgIpc) is 2.63. The number of fused-ring (bicyclic) bond motifs is 1. The normalized spacial score (nSPS) is 23.5. The second kappa shape index (κ2) is 7.20. The van der Waals surface area contributed by atoms with Gasteiger partial charge in [0.05, 0.1) is 0 Å². The fraction of sp³-hybridized carbons (Fsp3) is 0.500. The summed E-state index contributed by atoms with van der Waals surface area (Å²) in [6, 6.07) is 10.1. The monoisotopic (exact) mass is 326 g/mol.